The zero-order valence-electron chi connectivity index (χ0n) is 8.96. The van der Waals surface area contributed by atoms with Gasteiger partial charge >= 0.3 is 0 Å². The van der Waals surface area contributed by atoms with Crippen molar-refractivity contribution in [3.8, 4) is 0 Å². The number of aliphatic hydroxyl groups is 1. The van der Waals surface area contributed by atoms with Gasteiger partial charge in [-0.1, -0.05) is 0 Å². The van der Waals surface area contributed by atoms with Gasteiger partial charge < -0.3 is 5.11 Å². The molecule has 0 saturated carbocycles. The van der Waals surface area contributed by atoms with E-state index in [2.05, 4.69) is 5.87 Å². The van der Waals surface area contributed by atoms with Crippen LogP contribution in [0.2, 0.25) is 0 Å². The van der Waals surface area contributed by atoms with Crippen LogP contribution in [0.1, 0.15) is 24.3 Å². The second kappa shape index (κ2) is 3.36. The number of hydrogen-bond acceptors (Lipinski definition) is 3. The number of rotatable bonds is 2. The smallest absolute Gasteiger partial charge is 0.0851 e. The normalized spacial score (nSPS) is 16.6. The van der Waals surface area contributed by atoms with Crippen LogP contribution in [-0.4, -0.2) is 21.4 Å². The largest absolute Gasteiger partial charge is 0.386 e. The summed E-state index contributed by atoms with van der Waals surface area (Å²) in [6, 6.07) is 1.80. The molecule has 0 spiro atoms. The molecule has 1 aromatic heterocycles. The van der Waals surface area contributed by atoms with Crippen molar-refractivity contribution >= 4 is 26.7 Å². The van der Waals surface area contributed by atoms with Crippen molar-refractivity contribution in [2.75, 3.05) is 6.26 Å². The van der Waals surface area contributed by atoms with Crippen LogP contribution < -0.4 is 0 Å². The summed E-state index contributed by atoms with van der Waals surface area (Å²) < 4.78 is 12.5. The molecule has 80 valence electrons. The number of hydrogen-bond donors (Lipinski definition) is 1. The Hall–Kier alpha value is -0.320. The summed E-state index contributed by atoms with van der Waals surface area (Å²) in [6.45, 7) is 5.38. The van der Waals surface area contributed by atoms with Gasteiger partial charge in [-0.15, -0.1) is 11.3 Å². The first-order valence-corrected chi connectivity index (χ1v) is 7.23. The lowest BCUT2D eigenvalue weighted by atomic mass is 10.00. The minimum Gasteiger partial charge on any atom is -0.386 e. The summed E-state index contributed by atoms with van der Waals surface area (Å²) in [6.07, 6.45) is 1.62. The summed E-state index contributed by atoms with van der Waals surface area (Å²) in [5, 5.41) is 9.84. The maximum absolute atomic E-state index is 11.7. The summed E-state index contributed by atoms with van der Waals surface area (Å²) in [5.41, 5.74) is -0.0282. The molecule has 1 aromatic rings. The van der Waals surface area contributed by atoms with Crippen molar-refractivity contribution in [1.82, 2.24) is 0 Å². The number of aryl methyl sites for hydroxylation is 1. The van der Waals surface area contributed by atoms with Gasteiger partial charge in [0.2, 0.25) is 0 Å². The Morgan fingerprint density at radius 3 is 2.29 bits per heavy atom. The first-order valence-electron chi connectivity index (χ1n) is 4.28. The molecule has 2 nitrogen and oxygen atoms in total. The molecule has 0 aliphatic carbocycles. The summed E-state index contributed by atoms with van der Waals surface area (Å²) in [5.74, 6) is 3.63. The number of thiophene rings is 1. The quantitative estimate of drug-likeness (QED) is 0.792. The van der Waals surface area contributed by atoms with Crippen LogP contribution in [0.5, 0.6) is 0 Å². The SMILES string of the molecule is C=S(C)(=O)c1cc(C(C)(C)O)c(C)s1. The predicted molar refractivity (Wildman–Crippen MR) is 63.8 cm³/mol. The van der Waals surface area contributed by atoms with E-state index in [1.54, 1.807) is 26.2 Å². The lowest BCUT2D eigenvalue weighted by molar-refractivity contribution is 0.0783. The molecule has 0 amide bonds. The minimum absolute atomic E-state index is 0.757. The third-order valence-corrected chi connectivity index (χ3v) is 5.10. The molecule has 0 aliphatic rings. The van der Waals surface area contributed by atoms with Gasteiger partial charge in [0, 0.05) is 20.7 Å². The Kier molecular flexibility index (Phi) is 2.82. The molecule has 0 bridgehead atoms. The van der Waals surface area contributed by atoms with Gasteiger partial charge in [-0.05, 0) is 38.3 Å². The highest BCUT2D eigenvalue weighted by atomic mass is 32.2. The van der Waals surface area contributed by atoms with Gasteiger partial charge in [0.25, 0.3) is 0 Å². The maximum atomic E-state index is 11.7. The average molecular weight is 232 g/mol. The lowest BCUT2D eigenvalue weighted by Gasteiger charge is -2.16. The van der Waals surface area contributed by atoms with Gasteiger partial charge in [-0.2, -0.15) is 0 Å². The van der Waals surface area contributed by atoms with Crippen LogP contribution in [0.25, 0.3) is 0 Å². The van der Waals surface area contributed by atoms with Crippen LogP contribution in [-0.2, 0) is 15.1 Å². The molecular formula is C10H16O2S2. The van der Waals surface area contributed by atoms with Gasteiger partial charge in [0.15, 0.2) is 0 Å². The fourth-order valence-corrected chi connectivity index (χ4v) is 3.62. The second-order valence-corrected chi connectivity index (χ2v) is 8.06. The van der Waals surface area contributed by atoms with Crippen molar-refractivity contribution in [2.45, 2.75) is 30.6 Å². The Morgan fingerprint density at radius 1 is 1.57 bits per heavy atom. The summed E-state index contributed by atoms with van der Waals surface area (Å²) in [7, 11) is -2.16. The van der Waals surface area contributed by atoms with Crippen LogP contribution in [0.4, 0.5) is 0 Å². The Bertz CT molecular complexity index is 433. The average Bonchev–Trinajstić information content (AvgIpc) is 2.27. The molecule has 1 heterocycles. The maximum Gasteiger partial charge on any atom is 0.0851 e. The van der Waals surface area contributed by atoms with E-state index in [4.69, 9.17) is 0 Å². The third-order valence-electron chi connectivity index (χ3n) is 1.98. The van der Waals surface area contributed by atoms with Crippen LogP contribution in [0.15, 0.2) is 10.3 Å². The van der Waals surface area contributed by atoms with Crippen LogP contribution in [0, 0.1) is 6.92 Å². The molecule has 14 heavy (non-hydrogen) atoms. The fraction of sp³-hybridized carbons (Fsp3) is 0.500. The zero-order chi connectivity index (χ0) is 11.1. The monoisotopic (exact) mass is 232 g/mol. The topological polar surface area (TPSA) is 37.3 Å². The van der Waals surface area contributed by atoms with Crippen LogP contribution >= 0.6 is 11.3 Å². The van der Waals surface area contributed by atoms with Gasteiger partial charge in [0.1, 0.15) is 0 Å². The van der Waals surface area contributed by atoms with E-state index < -0.39 is 15.1 Å². The first kappa shape index (κ1) is 11.8. The standard InChI is InChI=1S/C10H16O2S2/c1-7-8(10(2,3)11)6-9(13-7)14(4,5)12/h6,11H,4H2,1-3,5H3. The summed E-state index contributed by atoms with van der Waals surface area (Å²) in [4.78, 5) is 1.01. The molecule has 0 saturated heterocycles. The van der Waals surface area contributed by atoms with Gasteiger partial charge in [-0.25, -0.2) is 0 Å². The minimum atomic E-state index is -2.16. The van der Waals surface area contributed by atoms with Crippen molar-refractivity contribution in [3.63, 3.8) is 0 Å². The van der Waals surface area contributed by atoms with Gasteiger partial charge in [-0.3, -0.25) is 4.21 Å². The molecule has 0 fully saturated rings. The Balaban J connectivity index is 3.33. The highest BCUT2D eigenvalue weighted by Gasteiger charge is 2.22. The molecule has 0 aromatic carbocycles. The lowest BCUT2D eigenvalue weighted by Crippen LogP contribution is -2.15. The highest BCUT2D eigenvalue weighted by Crippen LogP contribution is 2.32. The highest BCUT2D eigenvalue weighted by molar-refractivity contribution is 8.01. The predicted octanol–water partition coefficient (Wildman–Crippen LogP) is 1.99. The van der Waals surface area contributed by atoms with E-state index in [0.717, 1.165) is 14.6 Å². The van der Waals surface area contributed by atoms with E-state index in [1.807, 2.05) is 6.92 Å². The first-order chi connectivity index (χ1) is 6.12. The van der Waals surface area contributed by atoms with Crippen molar-refractivity contribution in [3.05, 3.63) is 16.5 Å². The zero-order valence-corrected chi connectivity index (χ0v) is 10.6. The van der Waals surface area contributed by atoms with Crippen molar-refractivity contribution < 1.29 is 9.32 Å². The molecule has 4 heteroatoms. The molecule has 1 unspecified atom stereocenters. The third kappa shape index (κ3) is 2.38. The molecule has 1 rings (SSSR count). The summed E-state index contributed by atoms with van der Waals surface area (Å²) >= 11 is 1.45. The van der Waals surface area contributed by atoms with E-state index in [1.165, 1.54) is 11.3 Å². The van der Waals surface area contributed by atoms with E-state index in [0.29, 0.717) is 0 Å². The molecule has 0 radical (unpaired) electrons. The molecular weight excluding hydrogens is 216 g/mol. The van der Waals surface area contributed by atoms with Crippen molar-refractivity contribution in [1.29, 1.82) is 0 Å². The fourth-order valence-electron chi connectivity index (χ4n) is 1.27. The molecule has 1 N–H and O–H groups in total. The Labute approximate surface area is 89.6 Å². The van der Waals surface area contributed by atoms with E-state index in [-0.39, 0.29) is 0 Å². The Morgan fingerprint density at radius 2 is 2.07 bits per heavy atom. The van der Waals surface area contributed by atoms with Gasteiger partial charge in [0.05, 0.1) is 9.81 Å². The van der Waals surface area contributed by atoms with E-state index in [9.17, 15) is 9.32 Å². The molecule has 0 aliphatic heterocycles. The second-order valence-electron chi connectivity index (χ2n) is 4.10. The van der Waals surface area contributed by atoms with E-state index >= 15 is 0 Å². The molecule has 1 atom stereocenters. The van der Waals surface area contributed by atoms with Crippen molar-refractivity contribution in [2.24, 2.45) is 0 Å². The van der Waals surface area contributed by atoms with Crippen LogP contribution in [0.3, 0.4) is 0 Å².